The minimum atomic E-state index is 0.0372. The largest absolute Gasteiger partial charge is 0.472 e. The first-order valence-electron chi connectivity index (χ1n) is 8.48. The molecule has 1 fully saturated rings. The van der Waals surface area contributed by atoms with Gasteiger partial charge in [0.1, 0.15) is 6.26 Å². The van der Waals surface area contributed by atoms with Crippen LogP contribution in [-0.2, 0) is 4.79 Å². The van der Waals surface area contributed by atoms with Crippen molar-refractivity contribution in [2.75, 3.05) is 19.6 Å². The van der Waals surface area contributed by atoms with Crippen LogP contribution in [0.3, 0.4) is 0 Å². The van der Waals surface area contributed by atoms with E-state index in [0.29, 0.717) is 11.5 Å². The van der Waals surface area contributed by atoms with E-state index in [1.165, 1.54) is 12.5 Å². The monoisotopic (exact) mass is 316 g/mol. The van der Waals surface area contributed by atoms with Gasteiger partial charge < -0.3 is 14.6 Å². The summed E-state index contributed by atoms with van der Waals surface area (Å²) >= 11 is 0. The predicted octanol–water partition coefficient (Wildman–Crippen LogP) is 2.60. The van der Waals surface area contributed by atoms with Gasteiger partial charge in [-0.05, 0) is 44.1 Å². The zero-order valence-electron chi connectivity index (χ0n) is 13.4. The molecule has 124 valence electrons. The van der Waals surface area contributed by atoms with Crippen molar-refractivity contribution < 1.29 is 14.0 Å². The molecular formula is C18H24N2O3. The third kappa shape index (κ3) is 4.03. The highest BCUT2D eigenvalue weighted by molar-refractivity contribution is 5.93. The predicted molar refractivity (Wildman–Crippen MR) is 86.8 cm³/mol. The minimum Gasteiger partial charge on any atom is -0.472 e. The molecular weight excluding hydrogens is 292 g/mol. The zero-order valence-corrected chi connectivity index (χ0v) is 13.4. The Morgan fingerprint density at radius 3 is 2.70 bits per heavy atom. The highest BCUT2D eigenvalue weighted by atomic mass is 16.3. The van der Waals surface area contributed by atoms with E-state index in [1.807, 2.05) is 4.90 Å². The molecule has 5 nitrogen and oxygen atoms in total. The number of nitrogens with zero attached hydrogens (tertiary/aromatic N) is 1. The van der Waals surface area contributed by atoms with Crippen molar-refractivity contribution in [3.8, 4) is 0 Å². The second kappa shape index (κ2) is 7.49. The van der Waals surface area contributed by atoms with Crippen LogP contribution in [0, 0.1) is 11.8 Å². The molecule has 1 saturated heterocycles. The Morgan fingerprint density at radius 2 is 2.04 bits per heavy atom. The molecule has 1 aromatic rings. The molecule has 2 amide bonds. The second-order valence-corrected chi connectivity index (χ2v) is 6.47. The summed E-state index contributed by atoms with van der Waals surface area (Å²) in [5.41, 5.74) is 0.613. The molecule has 3 rings (SSSR count). The third-order valence-corrected chi connectivity index (χ3v) is 4.87. The van der Waals surface area contributed by atoms with Crippen molar-refractivity contribution in [3.63, 3.8) is 0 Å². The Labute approximate surface area is 136 Å². The number of rotatable bonds is 4. The first-order valence-corrected chi connectivity index (χ1v) is 8.48. The Morgan fingerprint density at radius 1 is 1.22 bits per heavy atom. The molecule has 1 aromatic heterocycles. The maximum Gasteiger partial charge on any atom is 0.257 e. The summed E-state index contributed by atoms with van der Waals surface area (Å²) in [5, 5.41) is 3.10. The first-order chi connectivity index (χ1) is 11.2. The maximum absolute atomic E-state index is 12.2. The molecule has 2 heterocycles. The molecule has 23 heavy (non-hydrogen) atoms. The molecule has 1 aliphatic heterocycles. The van der Waals surface area contributed by atoms with Crippen LogP contribution >= 0.6 is 0 Å². The number of furan rings is 1. The molecule has 0 spiro atoms. The first kappa shape index (κ1) is 15.8. The molecule has 1 N–H and O–H groups in total. The number of amides is 2. The molecule has 5 heteroatoms. The summed E-state index contributed by atoms with van der Waals surface area (Å²) in [6.45, 7) is 2.22. The van der Waals surface area contributed by atoms with Gasteiger partial charge in [0.2, 0.25) is 5.91 Å². The van der Waals surface area contributed by atoms with E-state index in [-0.39, 0.29) is 17.7 Å². The van der Waals surface area contributed by atoms with Gasteiger partial charge >= 0.3 is 0 Å². The van der Waals surface area contributed by atoms with Crippen molar-refractivity contribution in [3.05, 3.63) is 36.3 Å². The summed E-state index contributed by atoms with van der Waals surface area (Å²) in [6.07, 6.45) is 12.0. The normalized spacial score (nSPS) is 22.1. The summed E-state index contributed by atoms with van der Waals surface area (Å²) in [5.74, 6) is 0.829. The average Bonchev–Trinajstić information content (AvgIpc) is 3.15. The number of carbonyl (C=O) groups excluding carboxylic acids is 2. The van der Waals surface area contributed by atoms with Crippen LogP contribution < -0.4 is 5.32 Å². The number of hydrogen-bond acceptors (Lipinski definition) is 3. The lowest BCUT2D eigenvalue weighted by Crippen LogP contribution is -2.42. The molecule has 2 aliphatic rings. The van der Waals surface area contributed by atoms with Crippen molar-refractivity contribution in [1.29, 1.82) is 0 Å². The van der Waals surface area contributed by atoms with E-state index in [9.17, 15) is 9.59 Å². The summed E-state index contributed by atoms with van der Waals surface area (Å²) in [6, 6.07) is 1.70. The van der Waals surface area contributed by atoms with Gasteiger partial charge in [-0.3, -0.25) is 9.59 Å². The summed E-state index contributed by atoms with van der Waals surface area (Å²) in [4.78, 5) is 26.2. The van der Waals surface area contributed by atoms with Gasteiger partial charge in [0, 0.05) is 25.6 Å². The van der Waals surface area contributed by atoms with Gasteiger partial charge in [0.05, 0.1) is 11.8 Å². The van der Waals surface area contributed by atoms with E-state index >= 15 is 0 Å². The van der Waals surface area contributed by atoms with Crippen molar-refractivity contribution in [1.82, 2.24) is 10.2 Å². The lowest BCUT2D eigenvalue weighted by atomic mass is 9.92. The van der Waals surface area contributed by atoms with Crippen molar-refractivity contribution >= 4 is 11.8 Å². The molecule has 0 radical (unpaired) electrons. The molecule has 1 aliphatic carbocycles. The van der Waals surface area contributed by atoms with Crippen LogP contribution in [-0.4, -0.2) is 36.3 Å². The number of carbonyl (C=O) groups is 2. The number of allylic oxidation sites excluding steroid dienone is 2. The molecule has 0 bridgehead atoms. The van der Waals surface area contributed by atoms with Crippen LogP contribution in [0.5, 0.6) is 0 Å². The Kier molecular flexibility index (Phi) is 5.16. The summed E-state index contributed by atoms with van der Waals surface area (Å²) in [7, 11) is 0. The van der Waals surface area contributed by atoms with Crippen molar-refractivity contribution in [2.45, 2.75) is 32.1 Å². The van der Waals surface area contributed by atoms with Gasteiger partial charge in [0.25, 0.3) is 5.91 Å². The Bertz CT molecular complexity index is 557. The molecule has 0 aromatic carbocycles. The lowest BCUT2D eigenvalue weighted by Gasteiger charge is -2.32. The maximum atomic E-state index is 12.2. The van der Waals surface area contributed by atoms with Gasteiger partial charge in [-0.1, -0.05) is 12.2 Å². The smallest absolute Gasteiger partial charge is 0.257 e. The van der Waals surface area contributed by atoms with Crippen LogP contribution in [0.4, 0.5) is 0 Å². The van der Waals surface area contributed by atoms with E-state index in [4.69, 9.17) is 4.42 Å². The van der Waals surface area contributed by atoms with E-state index in [0.717, 1.165) is 51.7 Å². The van der Waals surface area contributed by atoms with Gasteiger partial charge in [0.15, 0.2) is 0 Å². The zero-order chi connectivity index (χ0) is 16.1. The quantitative estimate of drug-likeness (QED) is 0.869. The van der Waals surface area contributed by atoms with E-state index in [1.54, 1.807) is 6.07 Å². The Hall–Kier alpha value is -2.04. The minimum absolute atomic E-state index is 0.0372. The van der Waals surface area contributed by atoms with Crippen LogP contribution in [0.25, 0.3) is 0 Å². The second-order valence-electron chi connectivity index (χ2n) is 6.47. The third-order valence-electron chi connectivity index (χ3n) is 4.87. The topological polar surface area (TPSA) is 62.6 Å². The van der Waals surface area contributed by atoms with Crippen LogP contribution in [0.1, 0.15) is 42.5 Å². The lowest BCUT2D eigenvalue weighted by molar-refractivity contribution is -0.125. The number of hydrogen-bond donors (Lipinski definition) is 1. The molecule has 0 saturated carbocycles. The highest BCUT2D eigenvalue weighted by Crippen LogP contribution is 2.21. The van der Waals surface area contributed by atoms with Crippen molar-refractivity contribution in [2.24, 2.45) is 11.8 Å². The highest BCUT2D eigenvalue weighted by Gasteiger charge is 2.25. The van der Waals surface area contributed by atoms with Crippen LogP contribution in [0.15, 0.2) is 35.2 Å². The van der Waals surface area contributed by atoms with Crippen LogP contribution in [0.2, 0.25) is 0 Å². The molecule has 1 unspecified atom stereocenters. The average molecular weight is 316 g/mol. The van der Waals surface area contributed by atoms with Gasteiger partial charge in [-0.15, -0.1) is 0 Å². The standard InChI is InChI=1S/C18H24N2O3/c21-17(15-4-2-1-3-5-15)19-12-14-6-9-20(10-7-14)18(22)16-8-11-23-13-16/h1-2,8,11,13-15H,3-7,9-10,12H2,(H,19,21). The van der Waals surface area contributed by atoms with Gasteiger partial charge in [-0.25, -0.2) is 0 Å². The number of nitrogens with one attached hydrogen (secondary N) is 1. The fraction of sp³-hybridized carbons (Fsp3) is 0.556. The number of piperidine rings is 1. The fourth-order valence-electron chi connectivity index (χ4n) is 3.33. The van der Waals surface area contributed by atoms with E-state index < -0.39 is 0 Å². The Balaban J connectivity index is 1.40. The summed E-state index contributed by atoms with van der Waals surface area (Å²) < 4.78 is 4.97. The van der Waals surface area contributed by atoms with Gasteiger partial charge in [-0.2, -0.15) is 0 Å². The number of likely N-dealkylation sites (tertiary alicyclic amines) is 1. The fourth-order valence-corrected chi connectivity index (χ4v) is 3.33. The SMILES string of the molecule is O=C(NCC1CCN(C(=O)c2ccoc2)CC1)C1CC=CCC1. The van der Waals surface area contributed by atoms with E-state index in [2.05, 4.69) is 17.5 Å². The molecule has 1 atom stereocenters.